The van der Waals surface area contributed by atoms with Crippen LogP contribution in [0.15, 0.2) is 67.1 Å². The Hall–Kier alpha value is -2.91. The molecule has 1 aliphatic heterocycles. The molecule has 1 aliphatic carbocycles. The van der Waals surface area contributed by atoms with Crippen molar-refractivity contribution in [2.24, 2.45) is 4.40 Å². The average Bonchev–Trinajstić information content (AvgIpc) is 2.76. The van der Waals surface area contributed by atoms with E-state index < -0.39 is 15.6 Å². The molecule has 0 spiro atoms. The highest BCUT2D eigenvalue weighted by Crippen LogP contribution is 2.34. The van der Waals surface area contributed by atoms with Gasteiger partial charge in [-0.15, -0.1) is 4.40 Å². The van der Waals surface area contributed by atoms with Crippen molar-refractivity contribution in [2.45, 2.75) is 37.1 Å². The summed E-state index contributed by atoms with van der Waals surface area (Å²) in [5.74, 6) is -0.335. The number of nitrogens with zero attached hydrogens (tertiary/aromatic N) is 2. The Kier molecular flexibility index (Phi) is 5.17. The molecule has 0 bridgehead atoms. The van der Waals surface area contributed by atoms with Crippen LogP contribution in [0.3, 0.4) is 0 Å². The van der Waals surface area contributed by atoms with Gasteiger partial charge in [0, 0.05) is 15.7 Å². The van der Waals surface area contributed by atoms with Gasteiger partial charge in [-0.25, -0.2) is 0 Å². The minimum atomic E-state index is -4.01. The first-order valence-corrected chi connectivity index (χ1v) is 12.5. The van der Waals surface area contributed by atoms with Crippen LogP contribution in [-0.2, 0) is 29.4 Å². The number of anilines is 1. The van der Waals surface area contributed by atoms with E-state index in [0.29, 0.717) is 30.6 Å². The zero-order valence-electron chi connectivity index (χ0n) is 17.0. The molecular weight excluding hydrogens is 494 g/mol. The lowest BCUT2D eigenvalue weighted by Gasteiger charge is -2.25. The molecular formula is C23H20BrN3O4S. The van der Waals surface area contributed by atoms with Crippen LogP contribution < -0.4 is 10.9 Å². The molecule has 3 aromatic rings. The first-order valence-electron chi connectivity index (χ1n) is 10.3. The van der Waals surface area contributed by atoms with E-state index in [2.05, 4.69) is 25.6 Å². The number of para-hydroxylation sites is 1. The Bertz CT molecular complexity index is 1440. The Morgan fingerprint density at radius 1 is 1.09 bits per heavy atom. The molecule has 2 aliphatic rings. The van der Waals surface area contributed by atoms with Crippen LogP contribution in [-0.4, -0.2) is 23.9 Å². The normalized spacial score (nSPS) is 16.5. The predicted molar refractivity (Wildman–Crippen MR) is 126 cm³/mol. The van der Waals surface area contributed by atoms with Crippen LogP contribution in [0.1, 0.15) is 35.2 Å². The van der Waals surface area contributed by atoms with Gasteiger partial charge in [0.1, 0.15) is 16.2 Å². The minimum absolute atomic E-state index is 0.0376. The van der Waals surface area contributed by atoms with Crippen LogP contribution in [0.25, 0.3) is 0 Å². The van der Waals surface area contributed by atoms with Crippen molar-refractivity contribution in [3.63, 3.8) is 0 Å². The largest absolute Gasteiger partial charge is 0.507 e. The molecule has 9 heteroatoms. The maximum absolute atomic E-state index is 13.6. The second kappa shape index (κ2) is 7.90. The zero-order valence-corrected chi connectivity index (χ0v) is 19.4. The van der Waals surface area contributed by atoms with E-state index in [4.69, 9.17) is 0 Å². The molecule has 2 heterocycles. The van der Waals surface area contributed by atoms with Crippen molar-refractivity contribution in [3.8, 4) is 5.75 Å². The summed E-state index contributed by atoms with van der Waals surface area (Å²) in [7, 11) is -4.01. The lowest BCUT2D eigenvalue weighted by atomic mass is 9.92. The van der Waals surface area contributed by atoms with E-state index in [9.17, 15) is 18.3 Å². The van der Waals surface area contributed by atoms with Crippen LogP contribution in [0.5, 0.6) is 5.75 Å². The average molecular weight is 514 g/mol. The van der Waals surface area contributed by atoms with E-state index in [0.717, 1.165) is 28.6 Å². The highest BCUT2D eigenvalue weighted by Gasteiger charge is 2.31. The summed E-state index contributed by atoms with van der Waals surface area (Å²) in [6.45, 7) is 0.310. The van der Waals surface area contributed by atoms with Crippen LogP contribution in [0, 0.1) is 0 Å². The highest BCUT2D eigenvalue weighted by atomic mass is 79.9. The number of pyridine rings is 1. The molecule has 0 unspecified atom stereocenters. The van der Waals surface area contributed by atoms with Gasteiger partial charge >= 0.3 is 0 Å². The van der Waals surface area contributed by atoms with Crippen molar-refractivity contribution >= 4 is 37.5 Å². The molecule has 0 fully saturated rings. The molecule has 5 rings (SSSR count). The summed E-state index contributed by atoms with van der Waals surface area (Å²) in [6, 6.07) is 14.0. The van der Waals surface area contributed by atoms with Crippen molar-refractivity contribution in [2.75, 3.05) is 5.32 Å². The third-order valence-corrected chi connectivity index (χ3v) is 7.67. The number of fused-ring (bicyclic) bond motifs is 2. The number of benzene rings is 2. The van der Waals surface area contributed by atoms with Gasteiger partial charge in [0.2, 0.25) is 0 Å². The SMILES string of the molecule is O=c1c(C2=NS(=O)(=O)c3ccccc3N2)c(O)c2c(n1Cc1cccc(Br)c1)CCCC2. The Balaban J connectivity index is 1.72. The monoisotopic (exact) mass is 513 g/mol. The van der Waals surface area contributed by atoms with E-state index in [1.54, 1.807) is 22.8 Å². The summed E-state index contributed by atoms with van der Waals surface area (Å²) in [5.41, 5.74) is 2.14. The zero-order chi connectivity index (χ0) is 22.5. The molecule has 1 aromatic heterocycles. The molecule has 32 heavy (non-hydrogen) atoms. The topological polar surface area (TPSA) is 101 Å². The lowest BCUT2D eigenvalue weighted by Crippen LogP contribution is -2.35. The quantitative estimate of drug-likeness (QED) is 0.554. The second-order valence-corrected chi connectivity index (χ2v) is 10.4. The molecule has 164 valence electrons. The molecule has 7 nitrogen and oxygen atoms in total. The maximum Gasteiger partial charge on any atom is 0.286 e. The molecule has 0 saturated heterocycles. The molecule has 2 aromatic carbocycles. The number of sulfonamides is 1. The van der Waals surface area contributed by atoms with E-state index in [1.807, 2.05) is 24.3 Å². The number of rotatable bonds is 3. The fraction of sp³-hybridized carbons (Fsp3) is 0.217. The number of nitrogens with one attached hydrogen (secondary N) is 1. The van der Waals surface area contributed by atoms with Crippen LogP contribution in [0.2, 0.25) is 0 Å². The van der Waals surface area contributed by atoms with Crippen molar-refractivity contribution < 1.29 is 13.5 Å². The van der Waals surface area contributed by atoms with Gasteiger partial charge in [-0.3, -0.25) is 4.79 Å². The minimum Gasteiger partial charge on any atom is -0.507 e. The van der Waals surface area contributed by atoms with Gasteiger partial charge < -0.3 is 15.0 Å². The van der Waals surface area contributed by atoms with Crippen molar-refractivity contribution in [3.05, 3.63) is 85.7 Å². The molecule has 0 radical (unpaired) electrons. The van der Waals surface area contributed by atoms with E-state index >= 15 is 0 Å². The third kappa shape index (κ3) is 3.55. The first kappa shape index (κ1) is 21.0. The van der Waals surface area contributed by atoms with Crippen LogP contribution >= 0.6 is 15.9 Å². The Morgan fingerprint density at radius 3 is 2.69 bits per heavy atom. The smallest absolute Gasteiger partial charge is 0.286 e. The number of aromatic nitrogens is 1. The van der Waals surface area contributed by atoms with Crippen molar-refractivity contribution in [1.82, 2.24) is 4.57 Å². The third-order valence-electron chi connectivity index (χ3n) is 5.84. The van der Waals surface area contributed by atoms with E-state index in [-0.39, 0.29) is 22.0 Å². The van der Waals surface area contributed by atoms with Gasteiger partial charge in [-0.2, -0.15) is 8.42 Å². The molecule has 0 atom stereocenters. The number of halogens is 1. The Labute approximate surface area is 193 Å². The summed E-state index contributed by atoms with van der Waals surface area (Å²) in [5, 5.41) is 14.0. The van der Waals surface area contributed by atoms with E-state index in [1.165, 1.54) is 6.07 Å². The lowest BCUT2D eigenvalue weighted by molar-refractivity contribution is 0.450. The van der Waals surface area contributed by atoms with Crippen LogP contribution in [0.4, 0.5) is 5.69 Å². The highest BCUT2D eigenvalue weighted by molar-refractivity contribution is 9.10. The first-order chi connectivity index (χ1) is 15.3. The summed E-state index contributed by atoms with van der Waals surface area (Å²) < 4.78 is 31.9. The molecule has 0 amide bonds. The standard InChI is InChI=1S/C23H20BrN3O4S/c24-15-7-5-6-14(12-15)13-27-18-10-3-1-8-16(18)21(28)20(23(27)29)22-25-17-9-2-4-11-19(17)32(30,31)26-22/h2,4-7,9,11-12,28H,1,3,8,10,13H2,(H,25,26). The molecule has 0 saturated carbocycles. The summed E-state index contributed by atoms with van der Waals surface area (Å²) >= 11 is 3.46. The Morgan fingerprint density at radius 2 is 1.88 bits per heavy atom. The fourth-order valence-electron chi connectivity index (χ4n) is 4.37. The maximum atomic E-state index is 13.6. The van der Waals surface area contributed by atoms with Gasteiger partial charge in [0.05, 0.1) is 12.2 Å². The number of amidine groups is 1. The number of aromatic hydroxyl groups is 1. The fourth-order valence-corrected chi connectivity index (χ4v) is 5.94. The van der Waals surface area contributed by atoms with Gasteiger partial charge in [0.25, 0.3) is 15.6 Å². The van der Waals surface area contributed by atoms with Gasteiger partial charge in [0.15, 0.2) is 5.84 Å². The molecule has 2 N–H and O–H groups in total. The predicted octanol–water partition coefficient (Wildman–Crippen LogP) is 3.80. The summed E-state index contributed by atoms with van der Waals surface area (Å²) in [6.07, 6.45) is 3.10. The van der Waals surface area contributed by atoms with Gasteiger partial charge in [-0.05, 0) is 55.5 Å². The van der Waals surface area contributed by atoms with Gasteiger partial charge in [-0.1, -0.05) is 40.2 Å². The van der Waals surface area contributed by atoms with Crippen molar-refractivity contribution in [1.29, 1.82) is 0 Å². The summed E-state index contributed by atoms with van der Waals surface area (Å²) in [4.78, 5) is 13.7. The second-order valence-electron chi connectivity index (χ2n) is 7.91. The number of hydrogen-bond donors (Lipinski definition) is 2. The number of hydrogen-bond acceptors (Lipinski definition) is 5.